The van der Waals surface area contributed by atoms with Crippen molar-refractivity contribution >= 4 is 46.6 Å². The van der Waals surface area contributed by atoms with Crippen LogP contribution in [0.4, 0.5) is 11.4 Å². The maximum atomic E-state index is 13.5. The van der Waals surface area contributed by atoms with E-state index < -0.39 is 5.25 Å². The van der Waals surface area contributed by atoms with Crippen LogP contribution in [0.25, 0.3) is 0 Å². The Labute approximate surface area is 231 Å². The Morgan fingerprint density at radius 1 is 0.816 bits per heavy atom. The van der Waals surface area contributed by atoms with Crippen LogP contribution in [0.1, 0.15) is 26.7 Å². The van der Waals surface area contributed by atoms with Gasteiger partial charge in [-0.2, -0.15) is 0 Å². The van der Waals surface area contributed by atoms with Crippen molar-refractivity contribution in [3.05, 3.63) is 113 Å². The summed E-state index contributed by atoms with van der Waals surface area (Å²) in [6.45, 7) is 1.98. The van der Waals surface area contributed by atoms with Crippen molar-refractivity contribution < 1.29 is 19.1 Å². The molecule has 1 atom stereocenters. The predicted molar refractivity (Wildman–Crippen MR) is 154 cm³/mol. The highest BCUT2D eigenvalue weighted by Crippen LogP contribution is 2.40. The monoisotopic (exact) mass is 546 g/mol. The lowest BCUT2D eigenvalue weighted by Crippen LogP contribution is -2.19. The van der Waals surface area contributed by atoms with Crippen molar-refractivity contribution in [3.63, 3.8) is 0 Å². The first-order valence-corrected chi connectivity index (χ1v) is 13.1. The van der Waals surface area contributed by atoms with Gasteiger partial charge in [-0.1, -0.05) is 59.6 Å². The maximum absolute atomic E-state index is 13.5. The number of methoxy groups -OCH3 is 2. The molecule has 0 radical (unpaired) electrons. The number of benzene rings is 4. The van der Waals surface area contributed by atoms with Gasteiger partial charge in [0.2, 0.25) is 5.91 Å². The van der Waals surface area contributed by atoms with E-state index in [4.69, 9.17) is 21.1 Å². The van der Waals surface area contributed by atoms with E-state index in [9.17, 15) is 9.59 Å². The molecule has 0 spiro atoms. The molecule has 4 aromatic rings. The first-order chi connectivity index (χ1) is 18.4. The smallest absolute Gasteiger partial charge is 0.255 e. The zero-order chi connectivity index (χ0) is 27.1. The van der Waals surface area contributed by atoms with Crippen molar-refractivity contribution in [2.75, 3.05) is 24.9 Å². The summed E-state index contributed by atoms with van der Waals surface area (Å²) < 4.78 is 10.7. The zero-order valence-corrected chi connectivity index (χ0v) is 22.7. The van der Waals surface area contributed by atoms with Crippen LogP contribution < -0.4 is 20.1 Å². The molecule has 38 heavy (non-hydrogen) atoms. The molecule has 0 bridgehead atoms. The van der Waals surface area contributed by atoms with E-state index >= 15 is 0 Å². The second-order valence-corrected chi connectivity index (χ2v) is 10.0. The highest BCUT2D eigenvalue weighted by Gasteiger charge is 2.24. The molecule has 0 heterocycles. The number of carbonyl (C=O) groups is 2. The van der Waals surface area contributed by atoms with Crippen LogP contribution in [0.2, 0.25) is 5.02 Å². The molecule has 6 nitrogen and oxygen atoms in total. The third-order valence-electron chi connectivity index (χ3n) is 5.75. The maximum Gasteiger partial charge on any atom is 0.255 e. The highest BCUT2D eigenvalue weighted by atomic mass is 35.5. The number of anilines is 2. The molecule has 1 unspecified atom stereocenters. The Kier molecular flexibility index (Phi) is 8.94. The van der Waals surface area contributed by atoms with Crippen LogP contribution in [0.5, 0.6) is 11.5 Å². The second kappa shape index (κ2) is 12.5. The van der Waals surface area contributed by atoms with E-state index in [1.807, 2.05) is 73.7 Å². The Hall–Kier alpha value is -3.94. The van der Waals surface area contributed by atoms with Gasteiger partial charge in [0.05, 0.1) is 24.9 Å². The Morgan fingerprint density at radius 2 is 1.47 bits per heavy atom. The summed E-state index contributed by atoms with van der Waals surface area (Å²) in [5.74, 6) is 0.465. The zero-order valence-electron chi connectivity index (χ0n) is 21.2. The third-order valence-corrected chi connectivity index (χ3v) is 7.31. The Balaban J connectivity index is 1.52. The van der Waals surface area contributed by atoms with Crippen LogP contribution in [0, 0.1) is 6.92 Å². The topological polar surface area (TPSA) is 76.7 Å². The van der Waals surface area contributed by atoms with E-state index in [-0.39, 0.29) is 11.8 Å². The Morgan fingerprint density at radius 3 is 2.11 bits per heavy atom. The number of carbonyl (C=O) groups excluding carboxylic acids is 2. The van der Waals surface area contributed by atoms with E-state index in [1.165, 1.54) is 26.0 Å². The van der Waals surface area contributed by atoms with E-state index in [2.05, 4.69) is 10.6 Å². The molecule has 194 valence electrons. The summed E-state index contributed by atoms with van der Waals surface area (Å²) in [5, 5.41) is 5.66. The second-order valence-electron chi connectivity index (χ2n) is 8.43. The average Bonchev–Trinajstić information content (AvgIpc) is 2.93. The summed E-state index contributed by atoms with van der Waals surface area (Å²) in [6, 6.07) is 27.5. The van der Waals surface area contributed by atoms with Crippen molar-refractivity contribution in [2.45, 2.75) is 17.1 Å². The molecule has 4 rings (SSSR count). The molecule has 0 aliphatic heterocycles. The van der Waals surface area contributed by atoms with E-state index in [1.54, 1.807) is 24.3 Å². The molecule has 0 fully saturated rings. The largest absolute Gasteiger partial charge is 0.495 e. The van der Waals surface area contributed by atoms with Gasteiger partial charge in [-0.25, -0.2) is 0 Å². The molecule has 0 aliphatic carbocycles. The third kappa shape index (κ3) is 6.68. The van der Waals surface area contributed by atoms with E-state index in [0.29, 0.717) is 33.5 Å². The first-order valence-electron chi connectivity index (χ1n) is 11.8. The van der Waals surface area contributed by atoms with Crippen LogP contribution in [0.3, 0.4) is 0 Å². The lowest BCUT2D eigenvalue weighted by molar-refractivity contribution is -0.115. The van der Waals surface area contributed by atoms with Crippen LogP contribution in [-0.2, 0) is 4.79 Å². The summed E-state index contributed by atoms with van der Waals surface area (Å²) in [6.07, 6.45) is 0. The van der Waals surface area contributed by atoms with Gasteiger partial charge in [-0.15, -0.1) is 11.8 Å². The number of ether oxygens (including phenoxy) is 2. The summed E-state index contributed by atoms with van der Waals surface area (Å²) >= 11 is 7.69. The van der Waals surface area contributed by atoms with Gasteiger partial charge in [-0.05, 0) is 55.0 Å². The van der Waals surface area contributed by atoms with Crippen molar-refractivity contribution in [1.29, 1.82) is 0 Å². The van der Waals surface area contributed by atoms with Gasteiger partial charge in [0.25, 0.3) is 5.91 Å². The fourth-order valence-corrected chi connectivity index (χ4v) is 4.98. The van der Waals surface area contributed by atoms with Gasteiger partial charge in [0.15, 0.2) is 0 Å². The molecular weight excluding hydrogens is 520 g/mol. The molecule has 2 amide bonds. The van der Waals surface area contributed by atoms with Crippen LogP contribution in [-0.4, -0.2) is 26.0 Å². The van der Waals surface area contributed by atoms with Gasteiger partial charge < -0.3 is 20.1 Å². The molecule has 0 saturated carbocycles. The quantitative estimate of drug-likeness (QED) is 0.214. The van der Waals surface area contributed by atoms with Gasteiger partial charge in [-0.3, -0.25) is 9.59 Å². The van der Waals surface area contributed by atoms with Crippen LogP contribution >= 0.6 is 23.4 Å². The average molecular weight is 547 g/mol. The number of hydrogen-bond donors (Lipinski definition) is 2. The molecule has 0 saturated heterocycles. The van der Waals surface area contributed by atoms with Crippen molar-refractivity contribution in [1.82, 2.24) is 0 Å². The SMILES string of the molecule is COc1cc(OC)c(NC(=O)C(Sc2ccc(NC(=O)c3ccc(C)cc3)cc2)c2ccccc2)cc1Cl. The summed E-state index contributed by atoms with van der Waals surface area (Å²) in [7, 11) is 3.03. The minimum Gasteiger partial charge on any atom is -0.495 e. The number of hydrogen-bond acceptors (Lipinski definition) is 5. The van der Waals surface area contributed by atoms with Gasteiger partial charge in [0.1, 0.15) is 16.7 Å². The van der Waals surface area contributed by atoms with Crippen molar-refractivity contribution in [2.24, 2.45) is 0 Å². The van der Waals surface area contributed by atoms with Crippen molar-refractivity contribution in [3.8, 4) is 11.5 Å². The normalized spacial score (nSPS) is 11.4. The van der Waals surface area contributed by atoms with E-state index in [0.717, 1.165) is 16.0 Å². The molecule has 2 N–H and O–H groups in total. The number of rotatable bonds is 9. The standard InChI is InChI=1S/C30H27ClN2O4S/c1-19-9-11-21(12-10-19)29(34)32-22-13-15-23(16-14-22)38-28(20-7-5-4-6-8-20)30(35)33-25-17-24(31)26(36-2)18-27(25)37-3/h4-18,28H,1-3H3,(H,32,34)(H,33,35). The number of amides is 2. The molecule has 0 aromatic heterocycles. The number of aryl methyl sites for hydroxylation is 1. The minimum atomic E-state index is -0.560. The first kappa shape index (κ1) is 27.1. The molecule has 4 aromatic carbocycles. The lowest BCUT2D eigenvalue weighted by atomic mass is 10.1. The fraction of sp³-hybridized carbons (Fsp3) is 0.133. The summed E-state index contributed by atoms with van der Waals surface area (Å²) in [4.78, 5) is 26.9. The Bertz CT molecular complexity index is 1410. The van der Waals surface area contributed by atoms with Gasteiger partial charge >= 0.3 is 0 Å². The highest BCUT2D eigenvalue weighted by molar-refractivity contribution is 8.00. The minimum absolute atomic E-state index is 0.181. The van der Waals surface area contributed by atoms with Crippen LogP contribution in [0.15, 0.2) is 95.9 Å². The molecule has 0 aliphatic rings. The predicted octanol–water partition coefficient (Wildman–Crippen LogP) is 7.39. The molecule has 8 heteroatoms. The number of thioether (sulfide) groups is 1. The number of nitrogens with one attached hydrogen (secondary N) is 2. The van der Waals surface area contributed by atoms with Gasteiger partial charge in [0, 0.05) is 22.2 Å². The summed E-state index contributed by atoms with van der Waals surface area (Å²) in [5.41, 5.74) is 3.62. The lowest BCUT2D eigenvalue weighted by Gasteiger charge is -2.19. The fourth-order valence-electron chi connectivity index (χ4n) is 3.72. The molecular formula is C30H27ClN2O4S. The number of halogens is 1.